The van der Waals surface area contributed by atoms with Crippen molar-refractivity contribution in [2.45, 2.75) is 57.8 Å². The number of aromatic nitrogens is 1. The number of para-hydroxylation sites is 1. The van der Waals surface area contributed by atoms with Crippen LogP contribution in [-0.4, -0.2) is 45.5 Å². The molecule has 0 saturated heterocycles. The molecule has 2 atom stereocenters. The van der Waals surface area contributed by atoms with E-state index in [4.69, 9.17) is 4.74 Å². The number of hydrogen-bond acceptors (Lipinski definition) is 5. The van der Waals surface area contributed by atoms with Gasteiger partial charge >= 0.3 is 5.97 Å². The lowest BCUT2D eigenvalue weighted by atomic mass is 9.94. The van der Waals surface area contributed by atoms with Crippen LogP contribution in [0.25, 0.3) is 22.4 Å². The molecule has 4 rings (SSSR count). The maximum Gasteiger partial charge on any atom is 0.308 e. The van der Waals surface area contributed by atoms with Crippen molar-refractivity contribution in [3.05, 3.63) is 115 Å². The Morgan fingerprint density at radius 3 is 2.18 bits per heavy atom. The molecule has 2 unspecified atom stereocenters. The first-order chi connectivity index (χ1) is 21.2. The highest BCUT2D eigenvalue weighted by Crippen LogP contribution is 2.42. The summed E-state index contributed by atoms with van der Waals surface area (Å²) in [6.45, 7) is 7.86. The summed E-state index contributed by atoms with van der Waals surface area (Å²) in [6.07, 6.45) is -0.619. The van der Waals surface area contributed by atoms with E-state index in [1.807, 2.05) is 79.1 Å². The van der Waals surface area contributed by atoms with E-state index in [-0.39, 0.29) is 43.5 Å². The first kappa shape index (κ1) is 32.4. The molecule has 0 saturated carbocycles. The van der Waals surface area contributed by atoms with Crippen molar-refractivity contribution in [1.29, 1.82) is 0 Å². The molecule has 230 valence electrons. The molecular weight excluding hydrogens is 559 g/mol. The van der Waals surface area contributed by atoms with Crippen LogP contribution in [0.15, 0.2) is 97.6 Å². The number of esters is 1. The summed E-state index contributed by atoms with van der Waals surface area (Å²) in [5, 5.41) is 24.4. The molecule has 0 aliphatic rings. The van der Waals surface area contributed by atoms with E-state index in [9.17, 15) is 24.2 Å². The van der Waals surface area contributed by atoms with E-state index in [0.717, 1.165) is 17.0 Å². The van der Waals surface area contributed by atoms with E-state index in [1.165, 1.54) is 18.2 Å². The predicted molar refractivity (Wildman–Crippen MR) is 171 cm³/mol. The minimum atomic E-state index is -1.08. The van der Waals surface area contributed by atoms with Crippen molar-refractivity contribution in [2.75, 3.05) is 11.9 Å². The van der Waals surface area contributed by atoms with Crippen LogP contribution in [0, 0.1) is 5.82 Å². The fourth-order valence-electron chi connectivity index (χ4n) is 5.40. The van der Waals surface area contributed by atoms with Gasteiger partial charge in [-0.1, -0.05) is 75.0 Å². The third-order valence-corrected chi connectivity index (χ3v) is 7.28. The molecule has 8 heteroatoms. The number of nitrogens with one attached hydrogen (secondary N) is 1. The number of ether oxygens (including phenoxy) is 1. The molecule has 44 heavy (non-hydrogen) atoms. The minimum absolute atomic E-state index is 0.0275. The SMILES string of the molecule is C=CCOC(=O)CC(O)CC(O)CCn1c(-c2ccc(F)cc2)c(-c2ccccc2)c(C(=O)Nc2ccccc2)c1C(C)C. The Hall–Kier alpha value is -4.53. The monoisotopic (exact) mass is 598 g/mol. The normalized spacial score (nSPS) is 12.5. The highest BCUT2D eigenvalue weighted by Gasteiger charge is 2.31. The largest absolute Gasteiger partial charge is 0.461 e. The number of rotatable bonds is 14. The van der Waals surface area contributed by atoms with Gasteiger partial charge in [0.15, 0.2) is 0 Å². The Balaban J connectivity index is 1.79. The number of hydrogen-bond donors (Lipinski definition) is 3. The van der Waals surface area contributed by atoms with Gasteiger partial charge < -0.3 is 24.8 Å². The first-order valence-corrected chi connectivity index (χ1v) is 14.8. The van der Waals surface area contributed by atoms with Gasteiger partial charge in [0, 0.05) is 23.5 Å². The van der Waals surface area contributed by atoms with Crippen LogP contribution in [0.2, 0.25) is 0 Å². The van der Waals surface area contributed by atoms with Crippen LogP contribution < -0.4 is 5.32 Å². The number of aliphatic hydroxyl groups is 2. The molecule has 7 nitrogen and oxygen atoms in total. The average Bonchev–Trinajstić information content (AvgIpc) is 3.36. The molecule has 1 aromatic heterocycles. The van der Waals surface area contributed by atoms with Gasteiger partial charge in [0.25, 0.3) is 5.91 Å². The van der Waals surface area contributed by atoms with Crippen molar-refractivity contribution in [3.63, 3.8) is 0 Å². The van der Waals surface area contributed by atoms with Gasteiger partial charge in [0.05, 0.1) is 29.9 Å². The molecule has 0 fully saturated rings. The predicted octanol–water partition coefficient (Wildman–Crippen LogP) is 6.96. The fraction of sp³-hybridized carbons (Fsp3) is 0.278. The molecule has 3 N–H and O–H groups in total. The van der Waals surface area contributed by atoms with Crippen LogP contribution in [0.3, 0.4) is 0 Å². The summed E-state index contributed by atoms with van der Waals surface area (Å²) in [7, 11) is 0. The Morgan fingerprint density at radius 1 is 0.932 bits per heavy atom. The van der Waals surface area contributed by atoms with Gasteiger partial charge in [-0.25, -0.2) is 4.39 Å². The number of anilines is 1. The zero-order chi connectivity index (χ0) is 31.6. The van der Waals surface area contributed by atoms with Crippen LogP contribution in [-0.2, 0) is 16.1 Å². The number of benzene rings is 3. The van der Waals surface area contributed by atoms with Gasteiger partial charge in [-0.15, -0.1) is 0 Å². The highest BCUT2D eigenvalue weighted by atomic mass is 19.1. The van der Waals surface area contributed by atoms with E-state index < -0.39 is 18.2 Å². The standard InChI is InChI=1S/C36H39FN2O5/c1-4-21-44-31(42)23-30(41)22-29(40)19-20-39-34(24(2)3)33(36(43)38-28-13-9-6-10-14-28)32(25-11-7-5-8-12-25)35(39)26-15-17-27(37)18-16-26/h4-18,24,29-30,40-41H,1,19-23H2,2-3H3,(H,38,43). The van der Waals surface area contributed by atoms with E-state index in [2.05, 4.69) is 11.9 Å². The summed E-state index contributed by atoms with van der Waals surface area (Å²) in [6, 6.07) is 24.9. The Morgan fingerprint density at radius 2 is 1.57 bits per heavy atom. The smallest absolute Gasteiger partial charge is 0.308 e. The molecule has 0 bridgehead atoms. The van der Waals surface area contributed by atoms with Gasteiger partial charge in [0.1, 0.15) is 12.4 Å². The number of carbonyl (C=O) groups excluding carboxylic acids is 2. The molecule has 1 amide bonds. The third kappa shape index (κ3) is 8.09. The van der Waals surface area contributed by atoms with E-state index >= 15 is 0 Å². The molecule has 1 heterocycles. The molecule has 0 aliphatic carbocycles. The van der Waals surface area contributed by atoms with E-state index in [0.29, 0.717) is 28.9 Å². The zero-order valence-electron chi connectivity index (χ0n) is 25.1. The number of amides is 1. The summed E-state index contributed by atoms with van der Waals surface area (Å²) in [4.78, 5) is 26.0. The van der Waals surface area contributed by atoms with Crippen molar-refractivity contribution in [3.8, 4) is 22.4 Å². The van der Waals surface area contributed by atoms with Crippen LogP contribution >= 0.6 is 0 Å². The molecule has 0 spiro atoms. The van der Waals surface area contributed by atoms with Gasteiger partial charge in [-0.2, -0.15) is 0 Å². The highest BCUT2D eigenvalue weighted by molar-refractivity contribution is 6.12. The molecule has 0 aliphatic heterocycles. The van der Waals surface area contributed by atoms with Crippen molar-refractivity contribution in [2.24, 2.45) is 0 Å². The quantitative estimate of drug-likeness (QED) is 0.108. The Bertz CT molecular complexity index is 1550. The van der Waals surface area contributed by atoms with E-state index in [1.54, 1.807) is 12.1 Å². The number of aliphatic hydroxyl groups excluding tert-OH is 2. The topological polar surface area (TPSA) is 101 Å². The average molecular weight is 599 g/mol. The molecule has 4 aromatic rings. The van der Waals surface area contributed by atoms with Crippen LogP contribution in [0.4, 0.5) is 10.1 Å². The van der Waals surface area contributed by atoms with Crippen molar-refractivity contribution < 1.29 is 28.9 Å². The second-order valence-electron chi connectivity index (χ2n) is 11.0. The Kier molecular flexibility index (Phi) is 11.2. The summed E-state index contributed by atoms with van der Waals surface area (Å²) >= 11 is 0. The summed E-state index contributed by atoms with van der Waals surface area (Å²) in [5.41, 5.74) is 4.86. The number of carbonyl (C=O) groups is 2. The third-order valence-electron chi connectivity index (χ3n) is 7.28. The second kappa shape index (κ2) is 15.3. The van der Waals surface area contributed by atoms with Gasteiger partial charge in [-0.3, -0.25) is 9.59 Å². The molecule has 3 aromatic carbocycles. The lowest BCUT2D eigenvalue weighted by molar-refractivity contribution is -0.144. The van der Waals surface area contributed by atoms with Crippen molar-refractivity contribution >= 4 is 17.6 Å². The molecule has 0 radical (unpaired) electrons. The lowest BCUT2D eigenvalue weighted by Gasteiger charge is -2.20. The van der Waals surface area contributed by atoms with Crippen LogP contribution in [0.1, 0.15) is 55.1 Å². The van der Waals surface area contributed by atoms with Crippen molar-refractivity contribution in [1.82, 2.24) is 4.57 Å². The maximum absolute atomic E-state index is 14.1. The van der Waals surface area contributed by atoms with Gasteiger partial charge in [0.2, 0.25) is 0 Å². The van der Waals surface area contributed by atoms with Gasteiger partial charge in [-0.05, 0) is 66.3 Å². The number of nitrogens with zero attached hydrogens (tertiary/aromatic N) is 1. The molecular formula is C36H39FN2O5. The maximum atomic E-state index is 14.1. The summed E-state index contributed by atoms with van der Waals surface area (Å²) < 4.78 is 21.0. The summed E-state index contributed by atoms with van der Waals surface area (Å²) in [5.74, 6) is -1.34. The second-order valence-corrected chi connectivity index (χ2v) is 11.0. The number of halogens is 1. The van der Waals surface area contributed by atoms with Crippen LogP contribution in [0.5, 0.6) is 0 Å². The Labute approximate surface area is 257 Å². The zero-order valence-corrected chi connectivity index (χ0v) is 25.1. The lowest BCUT2D eigenvalue weighted by Crippen LogP contribution is -2.23. The minimum Gasteiger partial charge on any atom is -0.461 e. The first-order valence-electron chi connectivity index (χ1n) is 14.8. The fourth-order valence-corrected chi connectivity index (χ4v) is 5.40.